The fourth-order valence-corrected chi connectivity index (χ4v) is 7.40. The van der Waals surface area contributed by atoms with Crippen LogP contribution in [-0.4, -0.2) is 60.8 Å². The van der Waals surface area contributed by atoms with Crippen LogP contribution >= 0.6 is 11.6 Å². The monoisotopic (exact) mass is 772 g/mol. The van der Waals surface area contributed by atoms with Crippen molar-refractivity contribution in [2.75, 3.05) is 19.6 Å². The Morgan fingerprint density at radius 2 is 1.40 bits per heavy atom. The summed E-state index contributed by atoms with van der Waals surface area (Å²) in [6.45, 7) is 3.74. The predicted molar refractivity (Wildman–Crippen MR) is 190 cm³/mol. The van der Waals surface area contributed by atoms with Crippen molar-refractivity contribution in [1.29, 1.82) is 0 Å². The van der Waals surface area contributed by atoms with Crippen LogP contribution in [0.2, 0.25) is 0 Å². The van der Waals surface area contributed by atoms with Gasteiger partial charge in [0.1, 0.15) is 21.3 Å². The first-order valence-electron chi connectivity index (χ1n) is 16.2. The number of carbonyl (C=O) groups is 2. The topological polar surface area (TPSA) is 158 Å². The van der Waals surface area contributed by atoms with Gasteiger partial charge in [0, 0.05) is 30.0 Å². The number of esters is 2. The summed E-state index contributed by atoms with van der Waals surface area (Å²) < 4.78 is 87.9. The highest BCUT2D eigenvalue weighted by Crippen LogP contribution is 2.50. The quantitative estimate of drug-likeness (QED) is 0.0530. The first-order valence-corrected chi connectivity index (χ1v) is 19.5. The van der Waals surface area contributed by atoms with Crippen LogP contribution in [0.5, 0.6) is 17.2 Å². The number of unbranched alkanes of at least 4 members (excludes halogenated alkanes) is 1. The van der Waals surface area contributed by atoms with Gasteiger partial charge in [-0.3, -0.25) is 0 Å². The van der Waals surface area contributed by atoms with Gasteiger partial charge in [-0.15, -0.1) is 11.6 Å². The van der Waals surface area contributed by atoms with Crippen LogP contribution in [0.25, 0.3) is 0 Å². The van der Waals surface area contributed by atoms with Gasteiger partial charge in [-0.1, -0.05) is 53.6 Å². The van der Waals surface area contributed by atoms with Crippen LogP contribution in [-0.2, 0) is 39.2 Å². The molecule has 15 heteroatoms. The summed E-state index contributed by atoms with van der Waals surface area (Å²) in [5, 5.41) is 0. The number of aryl methyl sites for hydroxylation is 2. The molecular weight excluding hydrogens is 736 g/mol. The molecule has 1 aliphatic heterocycles. The highest BCUT2D eigenvalue weighted by molar-refractivity contribution is 7.87. The molecule has 0 spiro atoms. The molecule has 0 radical (unpaired) electrons. The largest absolute Gasteiger partial charge is 0.466 e. The van der Waals surface area contributed by atoms with E-state index in [1.807, 2.05) is 0 Å². The van der Waals surface area contributed by atoms with E-state index in [-0.39, 0.29) is 51.2 Å². The van der Waals surface area contributed by atoms with Crippen molar-refractivity contribution in [1.82, 2.24) is 0 Å². The van der Waals surface area contributed by atoms with E-state index < -0.39 is 50.5 Å². The Morgan fingerprint density at radius 3 is 1.98 bits per heavy atom. The Labute approximate surface area is 307 Å². The predicted octanol–water partition coefficient (Wildman–Crippen LogP) is 6.47. The average molecular weight is 773 g/mol. The van der Waals surface area contributed by atoms with Gasteiger partial charge in [0.2, 0.25) is 6.29 Å². The van der Waals surface area contributed by atoms with Gasteiger partial charge in [-0.05, 0) is 63.1 Å². The molecule has 4 aromatic carbocycles. The number of ether oxygens (including phenoxy) is 4. The van der Waals surface area contributed by atoms with E-state index in [9.17, 15) is 26.4 Å². The normalized spacial score (nSPS) is 15.9. The zero-order valence-corrected chi connectivity index (χ0v) is 30.9. The lowest BCUT2D eigenvalue weighted by Gasteiger charge is -2.24. The molecule has 0 N–H and O–H groups in total. The zero-order valence-electron chi connectivity index (χ0n) is 28.5. The highest BCUT2D eigenvalue weighted by atomic mass is 35.5. The van der Waals surface area contributed by atoms with Gasteiger partial charge in [-0.2, -0.15) is 16.8 Å². The Hall–Kier alpha value is -4.63. The van der Waals surface area contributed by atoms with Crippen LogP contribution in [0.1, 0.15) is 52.2 Å². The molecule has 0 bridgehead atoms. The summed E-state index contributed by atoms with van der Waals surface area (Å²) in [6, 6.07) is 22.2. The summed E-state index contributed by atoms with van der Waals surface area (Å²) >= 11 is 5.86. The molecule has 12 nitrogen and oxygen atoms in total. The maximum absolute atomic E-state index is 13.7. The molecule has 0 amide bonds. The van der Waals surface area contributed by atoms with Crippen molar-refractivity contribution < 1.29 is 53.7 Å². The molecule has 0 aromatic heterocycles. The van der Waals surface area contributed by atoms with E-state index in [4.69, 9.17) is 38.9 Å². The first-order chi connectivity index (χ1) is 24.8. The van der Waals surface area contributed by atoms with E-state index >= 15 is 0 Å². The molecule has 1 heterocycles. The lowest BCUT2D eigenvalue weighted by Crippen LogP contribution is -2.34. The second-order valence-electron chi connectivity index (χ2n) is 11.9. The van der Waals surface area contributed by atoms with Crippen LogP contribution in [0.4, 0.5) is 0 Å². The van der Waals surface area contributed by atoms with Gasteiger partial charge in [-0.25, -0.2) is 9.59 Å². The van der Waals surface area contributed by atoms with Crippen molar-refractivity contribution in [3.8, 4) is 17.2 Å². The Balaban J connectivity index is 1.59. The number of hydrogen-bond acceptors (Lipinski definition) is 12. The fraction of sp³-hybridized carbons (Fsp3) is 0.297. The molecule has 0 saturated heterocycles. The molecule has 4 aromatic rings. The van der Waals surface area contributed by atoms with Crippen molar-refractivity contribution >= 4 is 43.8 Å². The minimum Gasteiger partial charge on any atom is -0.466 e. The molecule has 0 fully saturated rings. The number of fused-ring (bicyclic) bond motifs is 1. The van der Waals surface area contributed by atoms with Gasteiger partial charge in [0.05, 0.1) is 25.2 Å². The smallest absolute Gasteiger partial charge is 0.347 e. The molecule has 0 saturated carbocycles. The van der Waals surface area contributed by atoms with Crippen molar-refractivity contribution in [2.45, 2.75) is 61.2 Å². The third-order valence-electron chi connectivity index (χ3n) is 8.05. The second-order valence-corrected chi connectivity index (χ2v) is 15.4. The summed E-state index contributed by atoms with van der Waals surface area (Å²) in [5.74, 6) is -3.06. The number of halogens is 1. The zero-order chi connectivity index (χ0) is 37.5. The minimum atomic E-state index is -4.53. The van der Waals surface area contributed by atoms with Crippen LogP contribution in [0, 0.1) is 13.8 Å². The second kappa shape index (κ2) is 16.8. The molecule has 52 heavy (non-hydrogen) atoms. The molecule has 1 aliphatic rings. The van der Waals surface area contributed by atoms with E-state index in [2.05, 4.69) is 0 Å². The lowest BCUT2D eigenvalue weighted by molar-refractivity contribution is -0.153. The fourth-order valence-electron chi connectivity index (χ4n) is 5.35. The molecule has 276 valence electrons. The Bertz CT molecular complexity index is 2090. The lowest BCUT2D eigenvalue weighted by atomic mass is 9.92. The third kappa shape index (κ3) is 9.42. The molecular formula is C37H37ClO12S2. The maximum atomic E-state index is 13.7. The van der Waals surface area contributed by atoms with Crippen molar-refractivity contribution in [3.05, 3.63) is 113 Å². The van der Waals surface area contributed by atoms with E-state index in [1.54, 1.807) is 56.3 Å². The molecule has 0 aliphatic carbocycles. The van der Waals surface area contributed by atoms with Gasteiger partial charge in [0.25, 0.3) is 0 Å². The van der Waals surface area contributed by atoms with Crippen LogP contribution in [0.15, 0.2) is 101 Å². The third-order valence-corrected chi connectivity index (χ3v) is 10.8. The van der Waals surface area contributed by atoms with Gasteiger partial charge in [0.15, 0.2) is 11.9 Å². The van der Waals surface area contributed by atoms with Crippen LogP contribution in [0.3, 0.4) is 0 Å². The average Bonchev–Trinajstić information content (AvgIpc) is 3.46. The number of carbonyl (C=O) groups excluding carboxylic acids is 2. The molecule has 3 atom stereocenters. The van der Waals surface area contributed by atoms with E-state index in [0.29, 0.717) is 18.7 Å². The van der Waals surface area contributed by atoms with Crippen molar-refractivity contribution in [2.24, 2.45) is 0 Å². The first kappa shape index (κ1) is 38.6. The Kier molecular flexibility index (Phi) is 12.5. The highest BCUT2D eigenvalue weighted by Gasteiger charge is 2.44. The van der Waals surface area contributed by atoms with E-state index in [1.165, 1.54) is 42.5 Å². The maximum Gasteiger partial charge on any atom is 0.347 e. The van der Waals surface area contributed by atoms with Gasteiger partial charge >= 0.3 is 32.2 Å². The molecule has 2 unspecified atom stereocenters. The SMILES string of the molecule is COC(=O)[C@H](CC1c2c(cc(OS(=O)(=O)c3ccc(C)cc3)cc2OS(=O)(=O)c2ccc(C)cc2)OC1OCCCCCl)OC(=O)c1ccccc1. The summed E-state index contributed by atoms with van der Waals surface area (Å²) in [5.41, 5.74) is 1.91. The number of methoxy groups -OCH3 is 1. The summed E-state index contributed by atoms with van der Waals surface area (Å²) in [6.07, 6.45) is -1.85. The molecule has 5 rings (SSSR count). The van der Waals surface area contributed by atoms with E-state index in [0.717, 1.165) is 24.3 Å². The van der Waals surface area contributed by atoms with Gasteiger partial charge < -0.3 is 27.3 Å². The minimum absolute atomic E-state index is 0.0453. The number of rotatable bonds is 16. The van der Waals surface area contributed by atoms with Crippen LogP contribution < -0.4 is 13.1 Å². The number of benzene rings is 4. The Morgan fingerprint density at radius 1 is 0.808 bits per heavy atom. The summed E-state index contributed by atoms with van der Waals surface area (Å²) in [4.78, 5) is 25.8. The number of hydrogen-bond donors (Lipinski definition) is 0. The standard InChI is InChI=1S/C37H37ClO12S2/c1-24-11-15-28(16-12-24)51(41,42)49-27-21-31-34(32(22-27)50-52(43,44)29-17-13-25(2)14-18-29)30(37(48-31)46-20-8-7-19-38)23-33(36(40)45-3)47-35(39)26-9-5-4-6-10-26/h4-6,9-18,21-22,30,33,37H,7-8,19-20,23H2,1-3H3/t30?,33-,37?/m0/s1. The summed E-state index contributed by atoms with van der Waals surface area (Å²) in [7, 11) is -7.81. The number of alkyl halides is 1. The van der Waals surface area contributed by atoms with Crippen molar-refractivity contribution in [3.63, 3.8) is 0 Å².